The maximum Gasteiger partial charge on any atom is 0.148 e. The maximum atomic E-state index is 6.45. The molecule has 0 bridgehead atoms. The van der Waals surface area contributed by atoms with Crippen molar-refractivity contribution >= 4 is 22.5 Å². The molecule has 0 amide bonds. The summed E-state index contributed by atoms with van der Waals surface area (Å²) in [4.78, 5) is 4.80. The Kier molecular flexibility index (Phi) is 3.70. The quantitative estimate of drug-likeness (QED) is 0.830. The molecule has 0 saturated heterocycles. The third-order valence-electron chi connectivity index (χ3n) is 4.05. The van der Waals surface area contributed by atoms with Crippen LogP contribution in [0.4, 0.5) is 0 Å². The Balaban J connectivity index is 2.18. The van der Waals surface area contributed by atoms with Gasteiger partial charge in [-0.05, 0) is 25.0 Å². The standard InChI is InChI=1S/C16H18ClNO2/c1-19-11-7-12-13(17)9-14(10-5-3-4-6-10)18-16(12)15(8-11)20-2/h7-10H,3-6H2,1-2H3. The lowest BCUT2D eigenvalue weighted by atomic mass is 10.0. The average molecular weight is 292 g/mol. The molecule has 0 unspecified atom stereocenters. The number of nitrogens with zero attached hydrogens (tertiary/aromatic N) is 1. The van der Waals surface area contributed by atoms with Crippen molar-refractivity contribution in [3.63, 3.8) is 0 Å². The van der Waals surface area contributed by atoms with Gasteiger partial charge in [-0.15, -0.1) is 0 Å². The first-order valence-electron chi connectivity index (χ1n) is 6.95. The molecule has 1 aliphatic carbocycles. The van der Waals surface area contributed by atoms with Crippen LogP contribution in [-0.2, 0) is 0 Å². The monoisotopic (exact) mass is 291 g/mol. The van der Waals surface area contributed by atoms with Crippen LogP contribution in [0.15, 0.2) is 18.2 Å². The van der Waals surface area contributed by atoms with E-state index in [1.54, 1.807) is 14.2 Å². The highest BCUT2D eigenvalue weighted by Crippen LogP contribution is 2.39. The Bertz CT molecular complexity index is 636. The second-order valence-electron chi connectivity index (χ2n) is 5.24. The number of ether oxygens (including phenoxy) is 2. The van der Waals surface area contributed by atoms with E-state index < -0.39 is 0 Å². The predicted molar refractivity (Wildman–Crippen MR) is 81.1 cm³/mol. The Hall–Kier alpha value is -1.48. The van der Waals surface area contributed by atoms with Crippen LogP contribution in [-0.4, -0.2) is 19.2 Å². The van der Waals surface area contributed by atoms with Gasteiger partial charge < -0.3 is 9.47 Å². The molecule has 1 heterocycles. The summed E-state index contributed by atoms with van der Waals surface area (Å²) in [6.07, 6.45) is 4.96. The van der Waals surface area contributed by atoms with Crippen molar-refractivity contribution in [3.05, 3.63) is 28.9 Å². The second kappa shape index (κ2) is 5.49. The normalized spacial score (nSPS) is 15.8. The van der Waals surface area contributed by atoms with E-state index >= 15 is 0 Å². The molecule has 0 atom stereocenters. The zero-order valence-corrected chi connectivity index (χ0v) is 12.5. The zero-order valence-electron chi connectivity index (χ0n) is 11.8. The van der Waals surface area contributed by atoms with Crippen LogP contribution in [0, 0.1) is 0 Å². The van der Waals surface area contributed by atoms with Crippen molar-refractivity contribution in [2.75, 3.05) is 14.2 Å². The summed E-state index contributed by atoms with van der Waals surface area (Å²) in [5, 5.41) is 1.60. The van der Waals surface area contributed by atoms with Crippen LogP contribution >= 0.6 is 11.6 Å². The number of pyridine rings is 1. The van der Waals surface area contributed by atoms with Gasteiger partial charge in [-0.1, -0.05) is 24.4 Å². The fourth-order valence-corrected chi connectivity index (χ4v) is 3.21. The summed E-state index contributed by atoms with van der Waals surface area (Å²) in [5.41, 5.74) is 1.91. The topological polar surface area (TPSA) is 31.4 Å². The fraction of sp³-hybridized carbons (Fsp3) is 0.438. The molecular formula is C16H18ClNO2. The van der Waals surface area contributed by atoms with Gasteiger partial charge in [0.15, 0.2) is 0 Å². The molecule has 1 saturated carbocycles. The number of hydrogen-bond donors (Lipinski definition) is 0. The largest absolute Gasteiger partial charge is 0.497 e. The number of benzene rings is 1. The van der Waals surface area contributed by atoms with Crippen molar-refractivity contribution < 1.29 is 9.47 Å². The molecule has 1 aromatic carbocycles. The molecule has 0 aliphatic heterocycles. The Morgan fingerprint density at radius 3 is 2.50 bits per heavy atom. The molecule has 0 spiro atoms. The summed E-state index contributed by atoms with van der Waals surface area (Å²) in [6.45, 7) is 0. The SMILES string of the molecule is COc1cc(OC)c2nc(C3CCCC3)cc(Cl)c2c1. The van der Waals surface area contributed by atoms with E-state index in [0.717, 1.165) is 22.3 Å². The van der Waals surface area contributed by atoms with Gasteiger partial charge in [-0.3, -0.25) is 0 Å². The highest BCUT2D eigenvalue weighted by atomic mass is 35.5. The highest BCUT2D eigenvalue weighted by Gasteiger charge is 2.21. The second-order valence-corrected chi connectivity index (χ2v) is 5.64. The molecule has 1 fully saturated rings. The van der Waals surface area contributed by atoms with Gasteiger partial charge in [-0.25, -0.2) is 4.98 Å². The third-order valence-corrected chi connectivity index (χ3v) is 4.36. The molecule has 3 nitrogen and oxygen atoms in total. The first-order chi connectivity index (χ1) is 9.72. The van der Waals surface area contributed by atoms with Crippen molar-refractivity contribution in [3.8, 4) is 11.5 Å². The molecule has 1 aromatic heterocycles. The smallest absolute Gasteiger partial charge is 0.148 e. The minimum Gasteiger partial charge on any atom is -0.497 e. The van der Waals surface area contributed by atoms with Crippen LogP contribution in [0.3, 0.4) is 0 Å². The molecule has 4 heteroatoms. The van der Waals surface area contributed by atoms with Gasteiger partial charge in [0.1, 0.15) is 17.0 Å². The van der Waals surface area contributed by atoms with Gasteiger partial charge >= 0.3 is 0 Å². The van der Waals surface area contributed by atoms with Gasteiger partial charge in [0, 0.05) is 23.1 Å². The summed E-state index contributed by atoms with van der Waals surface area (Å²) in [6, 6.07) is 5.76. The van der Waals surface area contributed by atoms with Crippen LogP contribution in [0.1, 0.15) is 37.3 Å². The molecule has 20 heavy (non-hydrogen) atoms. The van der Waals surface area contributed by atoms with Crippen LogP contribution < -0.4 is 9.47 Å². The molecule has 0 N–H and O–H groups in total. The Morgan fingerprint density at radius 2 is 1.85 bits per heavy atom. The van der Waals surface area contributed by atoms with Crippen LogP contribution in [0.2, 0.25) is 5.02 Å². The van der Waals surface area contributed by atoms with Crippen molar-refractivity contribution in [1.82, 2.24) is 4.98 Å². The van der Waals surface area contributed by atoms with E-state index in [1.807, 2.05) is 18.2 Å². The third kappa shape index (κ3) is 2.31. The molecule has 1 aliphatic rings. The van der Waals surface area contributed by atoms with Crippen LogP contribution in [0.5, 0.6) is 11.5 Å². The average Bonchev–Trinajstić information content (AvgIpc) is 3.00. The van der Waals surface area contributed by atoms with E-state index in [4.69, 9.17) is 26.1 Å². The molecular weight excluding hydrogens is 274 g/mol. The molecule has 2 aromatic rings. The maximum absolute atomic E-state index is 6.45. The lowest BCUT2D eigenvalue weighted by Crippen LogP contribution is -1.99. The Morgan fingerprint density at radius 1 is 1.10 bits per heavy atom. The van der Waals surface area contributed by atoms with E-state index in [-0.39, 0.29) is 0 Å². The fourth-order valence-electron chi connectivity index (χ4n) is 2.95. The Labute approximate surface area is 123 Å². The lowest BCUT2D eigenvalue weighted by Gasteiger charge is -2.14. The van der Waals surface area contributed by atoms with Gasteiger partial charge in [0.05, 0.1) is 19.2 Å². The number of halogens is 1. The molecule has 3 rings (SSSR count). The first-order valence-corrected chi connectivity index (χ1v) is 7.33. The summed E-state index contributed by atoms with van der Waals surface area (Å²) >= 11 is 6.45. The summed E-state index contributed by atoms with van der Waals surface area (Å²) < 4.78 is 10.7. The van der Waals surface area contributed by atoms with Crippen LogP contribution in [0.25, 0.3) is 10.9 Å². The van der Waals surface area contributed by atoms with Gasteiger partial charge in [0.2, 0.25) is 0 Å². The highest BCUT2D eigenvalue weighted by molar-refractivity contribution is 6.35. The van der Waals surface area contributed by atoms with E-state index in [1.165, 1.54) is 25.7 Å². The minimum atomic E-state index is 0.531. The number of aromatic nitrogens is 1. The minimum absolute atomic E-state index is 0.531. The number of rotatable bonds is 3. The summed E-state index contributed by atoms with van der Waals surface area (Å²) in [7, 11) is 3.28. The number of hydrogen-bond acceptors (Lipinski definition) is 3. The van der Waals surface area contributed by atoms with Gasteiger partial charge in [0.25, 0.3) is 0 Å². The van der Waals surface area contributed by atoms with E-state index in [0.29, 0.717) is 16.7 Å². The molecule has 0 radical (unpaired) electrons. The number of methoxy groups -OCH3 is 2. The van der Waals surface area contributed by atoms with Crippen molar-refractivity contribution in [2.45, 2.75) is 31.6 Å². The van der Waals surface area contributed by atoms with E-state index in [2.05, 4.69) is 0 Å². The molecule has 106 valence electrons. The zero-order chi connectivity index (χ0) is 14.1. The van der Waals surface area contributed by atoms with Crippen molar-refractivity contribution in [2.24, 2.45) is 0 Å². The van der Waals surface area contributed by atoms with Gasteiger partial charge in [-0.2, -0.15) is 0 Å². The van der Waals surface area contributed by atoms with E-state index in [9.17, 15) is 0 Å². The number of fused-ring (bicyclic) bond motifs is 1. The summed E-state index contributed by atoms with van der Waals surface area (Å²) in [5.74, 6) is 1.97. The van der Waals surface area contributed by atoms with Crippen molar-refractivity contribution in [1.29, 1.82) is 0 Å². The predicted octanol–water partition coefficient (Wildman–Crippen LogP) is 4.56. The lowest BCUT2D eigenvalue weighted by molar-refractivity contribution is 0.397. The first kappa shape index (κ1) is 13.5.